The zero-order valence-electron chi connectivity index (χ0n) is 9.04. The summed E-state index contributed by atoms with van der Waals surface area (Å²) in [6.45, 7) is 2.08. The van der Waals surface area contributed by atoms with Gasteiger partial charge in [-0.1, -0.05) is 13.0 Å². The van der Waals surface area contributed by atoms with Crippen molar-refractivity contribution in [2.75, 3.05) is 7.11 Å². The predicted octanol–water partition coefficient (Wildman–Crippen LogP) is 1.76. The Hall–Kier alpha value is -1.51. The van der Waals surface area contributed by atoms with Crippen LogP contribution in [-0.4, -0.2) is 19.1 Å². The van der Waals surface area contributed by atoms with Crippen molar-refractivity contribution >= 4 is 5.91 Å². The Kier molecular flexibility index (Phi) is 2.62. The van der Waals surface area contributed by atoms with Crippen LogP contribution in [0.15, 0.2) is 18.2 Å². The van der Waals surface area contributed by atoms with E-state index < -0.39 is 0 Å². The van der Waals surface area contributed by atoms with Crippen LogP contribution >= 0.6 is 0 Å². The molecule has 0 spiro atoms. The van der Waals surface area contributed by atoms with Crippen LogP contribution in [0, 0.1) is 0 Å². The van der Waals surface area contributed by atoms with Crippen LogP contribution in [0.25, 0.3) is 0 Å². The van der Waals surface area contributed by atoms with Crippen molar-refractivity contribution in [2.24, 2.45) is 0 Å². The molecule has 0 radical (unpaired) electrons. The molecule has 1 N–H and O–H groups in total. The average molecular weight is 205 g/mol. The highest BCUT2D eigenvalue weighted by molar-refractivity contribution is 5.97. The molecule has 1 aromatic rings. The van der Waals surface area contributed by atoms with E-state index in [1.807, 2.05) is 12.1 Å². The number of carbonyl (C=O) groups excluding carboxylic acids is 1. The van der Waals surface area contributed by atoms with E-state index in [1.54, 1.807) is 13.2 Å². The topological polar surface area (TPSA) is 38.3 Å². The Morgan fingerprint density at radius 1 is 1.53 bits per heavy atom. The van der Waals surface area contributed by atoms with Gasteiger partial charge < -0.3 is 10.1 Å². The van der Waals surface area contributed by atoms with Crippen molar-refractivity contribution in [3.05, 3.63) is 29.3 Å². The molecule has 3 heteroatoms. The van der Waals surface area contributed by atoms with Crippen LogP contribution in [0.1, 0.15) is 29.3 Å². The van der Waals surface area contributed by atoms with Gasteiger partial charge in [0.25, 0.3) is 5.91 Å². The summed E-state index contributed by atoms with van der Waals surface area (Å²) < 4.78 is 5.10. The first-order chi connectivity index (χ1) is 7.24. The molecule has 3 nitrogen and oxygen atoms in total. The second-order valence-corrected chi connectivity index (χ2v) is 3.81. The van der Waals surface area contributed by atoms with Crippen LogP contribution in [0.5, 0.6) is 5.75 Å². The van der Waals surface area contributed by atoms with E-state index in [9.17, 15) is 4.79 Å². The van der Waals surface area contributed by atoms with Gasteiger partial charge in [0.1, 0.15) is 5.75 Å². The van der Waals surface area contributed by atoms with E-state index in [2.05, 4.69) is 12.2 Å². The predicted molar refractivity (Wildman–Crippen MR) is 58.2 cm³/mol. The molecule has 15 heavy (non-hydrogen) atoms. The molecule has 2 rings (SSSR count). The molecule has 1 aromatic carbocycles. The Balaban J connectivity index is 2.37. The van der Waals surface area contributed by atoms with Crippen molar-refractivity contribution in [2.45, 2.75) is 25.8 Å². The first kappa shape index (κ1) is 10.0. The normalized spacial score (nSPS) is 19.3. The highest BCUT2D eigenvalue weighted by Gasteiger charge is 2.23. The molecule has 0 saturated heterocycles. The Labute approximate surface area is 89.4 Å². The summed E-state index contributed by atoms with van der Waals surface area (Å²) in [6.07, 6.45) is 1.89. The number of ether oxygens (including phenoxy) is 1. The van der Waals surface area contributed by atoms with Gasteiger partial charge in [0, 0.05) is 11.6 Å². The lowest BCUT2D eigenvalue weighted by Gasteiger charge is -2.24. The van der Waals surface area contributed by atoms with Gasteiger partial charge >= 0.3 is 0 Å². The maximum Gasteiger partial charge on any atom is 0.251 e. The third-order valence-corrected chi connectivity index (χ3v) is 2.86. The summed E-state index contributed by atoms with van der Waals surface area (Å²) >= 11 is 0. The minimum atomic E-state index is 0.0157. The molecule has 0 fully saturated rings. The van der Waals surface area contributed by atoms with E-state index in [4.69, 9.17) is 4.74 Å². The van der Waals surface area contributed by atoms with E-state index in [0.29, 0.717) is 0 Å². The van der Waals surface area contributed by atoms with Crippen LogP contribution in [-0.2, 0) is 6.42 Å². The molecule has 0 aromatic heterocycles. The van der Waals surface area contributed by atoms with Gasteiger partial charge in [0.2, 0.25) is 0 Å². The average Bonchev–Trinajstić information content (AvgIpc) is 2.28. The number of benzene rings is 1. The van der Waals surface area contributed by atoms with Crippen molar-refractivity contribution in [3.63, 3.8) is 0 Å². The molecule has 0 aliphatic carbocycles. The molecule has 1 atom stereocenters. The monoisotopic (exact) mass is 205 g/mol. The number of methoxy groups -OCH3 is 1. The number of nitrogens with one attached hydrogen (secondary N) is 1. The standard InChI is InChI=1S/C12H15NO2/c1-3-9-6-8-4-5-10(15-2)7-11(8)12(14)13-9/h4-5,7,9H,3,6H2,1-2H3,(H,13,14). The summed E-state index contributed by atoms with van der Waals surface area (Å²) in [5.41, 5.74) is 1.87. The van der Waals surface area contributed by atoms with Gasteiger partial charge in [0.05, 0.1) is 7.11 Å². The van der Waals surface area contributed by atoms with Crippen molar-refractivity contribution < 1.29 is 9.53 Å². The fraction of sp³-hybridized carbons (Fsp3) is 0.417. The number of hydrogen-bond acceptors (Lipinski definition) is 2. The molecular weight excluding hydrogens is 190 g/mol. The van der Waals surface area contributed by atoms with Crippen LogP contribution in [0.4, 0.5) is 0 Å². The highest BCUT2D eigenvalue weighted by Crippen LogP contribution is 2.22. The van der Waals surface area contributed by atoms with Gasteiger partial charge in [-0.2, -0.15) is 0 Å². The molecule has 1 heterocycles. The lowest BCUT2D eigenvalue weighted by Crippen LogP contribution is -2.40. The maximum atomic E-state index is 11.8. The quantitative estimate of drug-likeness (QED) is 0.799. The molecule has 0 saturated carbocycles. The van der Waals surface area contributed by atoms with Gasteiger partial charge in [-0.15, -0.1) is 0 Å². The van der Waals surface area contributed by atoms with E-state index >= 15 is 0 Å². The minimum Gasteiger partial charge on any atom is -0.497 e. The lowest BCUT2D eigenvalue weighted by atomic mass is 9.94. The Bertz CT molecular complexity index is 387. The number of carbonyl (C=O) groups is 1. The van der Waals surface area contributed by atoms with Gasteiger partial charge in [0.15, 0.2) is 0 Å². The van der Waals surface area contributed by atoms with Crippen LogP contribution in [0.2, 0.25) is 0 Å². The van der Waals surface area contributed by atoms with E-state index in [-0.39, 0.29) is 11.9 Å². The zero-order valence-corrected chi connectivity index (χ0v) is 9.04. The first-order valence-corrected chi connectivity index (χ1v) is 5.22. The van der Waals surface area contributed by atoms with Gasteiger partial charge in [-0.3, -0.25) is 4.79 Å². The smallest absolute Gasteiger partial charge is 0.251 e. The second-order valence-electron chi connectivity index (χ2n) is 3.81. The molecule has 80 valence electrons. The van der Waals surface area contributed by atoms with Crippen molar-refractivity contribution in [1.82, 2.24) is 5.32 Å². The van der Waals surface area contributed by atoms with E-state index in [0.717, 1.165) is 29.7 Å². The second kappa shape index (κ2) is 3.93. The number of amides is 1. The summed E-state index contributed by atoms with van der Waals surface area (Å²) in [7, 11) is 1.61. The minimum absolute atomic E-state index is 0.0157. The molecule has 1 aliphatic rings. The largest absolute Gasteiger partial charge is 0.497 e. The van der Waals surface area contributed by atoms with Crippen molar-refractivity contribution in [3.8, 4) is 5.75 Å². The van der Waals surface area contributed by atoms with Gasteiger partial charge in [-0.25, -0.2) is 0 Å². The maximum absolute atomic E-state index is 11.8. The SMILES string of the molecule is CCC1Cc2ccc(OC)cc2C(=O)N1. The highest BCUT2D eigenvalue weighted by atomic mass is 16.5. The first-order valence-electron chi connectivity index (χ1n) is 5.22. The summed E-state index contributed by atoms with van der Waals surface area (Å²) in [5, 5.41) is 2.98. The number of hydrogen-bond donors (Lipinski definition) is 1. The summed E-state index contributed by atoms with van der Waals surface area (Å²) in [5.74, 6) is 0.751. The van der Waals surface area contributed by atoms with Crippen molar-refractivity contribution in [1.29, 1.82) is 0 Å². The van der Waals surface area contributed by atoms with Gasteiger partial charge in [-0.05, 0) is 30.5 Å². The zero-order chi connectivity index (χ0) is 10.8. The van der Waals surface area contributed by atoms with Crippen LogP contribution in [0.3, 0.4) is 0 Å². The Morgan fingerprint density at radius 3 is 3.00 bits per heavy atom. The number of rotatable bonds is 2. The summed E-state index contributed by atoms with van der Waals surface area (Å²) in [6, 6.07) is 5.97. The number of fused-ring (bicyclic) bond motifs is 1. The Morgan fingerprint density at radius 2 is 2.33 bits per heavy atom. The molecule has 1 unspecified atom stereocenters. The lowest BCUT2D eigenvalue weighted by molar-refractivity contribution is 0.0923. The third kappa shape index (κ3) is 1.82. The fourth-order valence-electron chi connectivity index (χ4n) is 1.90. The molecule has 1 aliphatic heterocycles. The molecule has 0 bridgehead atoms. The van der Waals surface area contributed by atoms with E-state index in [1.165, 1.54) is 0 Å². The third-order valence-electron chi connectivity index (χ3n) is 2.86. The molecular formula is C12H15NO2. The van der Waals surface area contributed by atoms with Crippen LogP contribution < -0.4 is 10.1 Å². The summed E-state index contributed by atoms with van der Waals surface area (Å²) in [4.78, 5) is 11.8. The fourth-order valence-corrected chi connectivity index (χ4v) is 1.90. The molecule has 1 amide bonds.